The van der Waals surface area contributed by atoms with E-state index in [4.69, 9.17) is 5.73 Å². The molecule has 0 saturated carbocycles. The molecule has 0 unspecified atom stereocenters. The monoisotopic (exact) mass is 228 g/mol. The Morgan fingerprint density at radius 3 is 2.47 bits per heavy atom. The third-order valence-electron chi connectivity index (χ3n) is 2.59. The van der Waals surface area contributed by atoms with Crippen molar-refractivity contribution in [2.24, 2.45) is 0 Å². The Hall–Kier alpha value is -2.10. The van der Waals surface area contributed by atoms with Crippen LogP contribution in [-0.4, -0.2) is 9.97 Å². The van der Waals surface area contributed by atoms with Crippen molar-refractivity contribution >= 4 is 11.6 Å². The summed E-state index contributed by atoms with van der Waals surface area (Å²) in [6.45, 7) is 2.89. The Morgan fingerprint density at radius 2 is 1.82 bits per heavy atom. The number of nitrogen functional groups attached to an aromatic ring is 1. The molecule has 0 atom stereocenters. The van der Waals surface area contributed by atoms with Crippen molar-refractivity contribution in [1.82, 2.24) is 9.97 Å². The predicted molar refractivity (Wildman–Crippen MR) is 69.6 cm³/mol. The minimum atomic E-state index is 0.476. The molecule has 3 N–H and O–H groups in total. The molecule has 88 valence electrons. The first kappa shape index (κ1) is 11.4. The number of aromatic nitrogens is 2. The molecule has 0 aliphatic rings. The number of anilines is 2. The predicted octanol–water partition coefficient (Wildman–Crippen LogP) is 2.23. The van der Waals surface area contributed by atoms with Gasteiger partial charge in [0, 0.05) is 12.6 Å². The van der Waals surface area contributed by atoms with Gasteiger partial charge in [0.15, 0.2) is 0 Å². The summed E-state index contributed by atoms with van der Waals surface area (Å²) in [6, 6.07) is 10.3. The molecule has 0 aliphatic carbocycles. The molecule has 0 spiro atoms. The van der Waals surface area contributed by atoms with Gasteiger partial charge in [-0.2, -0.15) is 0 Å². The maximum atomic E-state index is 5.57. The summed E-state index contributed by atoms with van der Waals surface area (Å²) in [5.41, 5.74) is 8.14. The summed E-state index contributed by atoms with van der Waals surface area (Å²) < 4.78 is 0. The maximum Gasteiger partial charge on any atom is 0.131 e. The molecule has 0 aliphatic heterocycles. The van der Waals surface area contributed by atoms with Gasteiger partial charge in [0.1, 0.15) is 18.0 Å². The van der Waals surface area contributed by atoms with Crippen LogP contribution in [0.1, 0.15) is 18.1 Å². The fourth-order valence-electron chi connectivity index (χ4n) is 1.55. The van der Waals surface area contributed by atoms with E-state index in [1.165, 1.54) is 17.5 Å². The second-order valence-corrected chi connectivity index (χ2v) is 3.85. The topological polar surface area (TPSA) is 63.8 Å². The molecular formula is C13H16N4. The number of rotatable bonds is 4. The van der Waals surface area contributed by atoms with Crippen LogP contribution in [0.5, 0.6) is 0 Å². The standard InChI is InChI=1S/C13H16N4/c1-2-10-3-5-11(6-4-10)8-15-13-7-12(14)16-9-17-13/h3-7,9H,2,8H2,1H3,(H3,14,15,16,17). The highest BCUT2D eigenvalue weighted by molar-refractivity contribution is 5.43. The second-order valence-electron chi connectivity index (χ2n) is 3.85. The van der Waals surface area contributed by atoms with Gasteiger partial charge in [0.2, 0.25) is 0 Å². The average Bonchev–Trinajstić information content (AvgIpc) is 2.37. The lowest BCUT2D eigenvalue weighted by atomic mass is 10.1. The van der Waals surface area contributed by atoms with Crippen molar-refractivity contribution in [3.63, 3.8) is 0 Å². The van der Waals surface area contributed by atoms with Crippen LogP contribution in [0.15, 0.2) is 36.7 Å². The molecule has 0 fully saturated rings. The van der Waals surface area contributed by atoms with Gasteiger partial charge < -0.3 is 11.1 Å². The Labute approximate surface area is 101 Å². The zero-order chi connectivity index (χ0) is 12.1. The van der Waals surface area contributed by atoms with Crippen LogP contribution in [0.4, 0.5) is 11.6 Å². The third kappa shape index (κ3) is 3.17. The normalized spacial score (nSPS) is 10.2. The van der Waals surface area contributed by atoms with Crippen LogP contribution in [0.25, 0.3) is 0 Å². The van der Waals surface area contributed by atoms with E-state index in [1.807, 2.05) is 0 Å². The van der Waals surface area contributed by atoms with Crippen molar-refractivity contribution in [3.05, 3.63) is 47.8 Å². The molecule has 4 nitrogen and oxygen atoms in total. The molecule has 17 heavy (non-hydrogen) atoms. The van der Waals surface area contributed by atoms with Crippen LogP contribution in [0, 0.1) is 0 Å². The highest BCUT2D eigenvalue weighted by Gasteiger charge is 1.96. The maximum absolute atomic E-state index is 5.57. The van der Waals surface area contributed by atoms with E-state index in [2.05, 4.69) is 46.5 Å². The van der Waals surface area contributed by atoms with Crippen LogP contribution in [0.2, 0.25) is 0 Å². The zero-order valence-electron chi connectivity index (χ0n) is 9.85. The highest BCUT2D eigenvalue weighted by Crippen LogP contribution is 2.09. The minimum absolute atomic E-state index is 0.476. The number of benzene rings is 1. The first-order chi connectivity index (χ1) is 8.28. The molecule has 1 aromatic heterocycles. The fraction of sp³-hybridized carbons (Fsp3) is 0.231. The lowest BCUT2D eigenvalue weighted by Crippen LogP contribution is -2.02. The van der Waals surface area contributed by atoms with E-state index >= 15 is 0 Å². The zero-order valence-corrected chi connectivity index (χ0v) is 9.85. The minimum Gasteiger partial charge on any atom is -0.384 e. The summed E-state index contributed by atoms with van der Waals surface area (Å²) in [5.74, 6) is 1.22. The Balaban J connectivity index is 1.97. The molecule has 4 heteroatoms. The van der Waals surface area contributed by atoms with E-state index in [1.54, 1.807) is 6.07 Å². The van der Waals surface area contributed by atoms with E-state index in [0.29, 0.717) is 5.82 Å². The molecule has 0 radical (unpaired) electrons. The van der Waals surface area contributed by atoms with Gasteiger partial charge in [-0.3, -0.25) is 0 Å². The highest BCUT2D eigenvalue weighted by atomic mass is 15.0. The first-order valence-electron chi connectivity index (χ1n) is 5.67. The molecule has 0 amide bonds. The van der Waals surface area contributed by atoms with Crippen LogP contribution in [-0.2, 0) is 13.0 Å². The number of nitrogens with one attached hydrogen (secondary N) is 1. The van der Waals surface area contributed by atoms with Gasteiger partial charge in [-0.25, -0.2) is 9.97 Å². The number of nitrogens with two attached hydrogens (primary N) is 1. The Morgan fingerprint density at radius 1 is 1.12 bits per heavy atom. The van der Waals surface area contributed by atoms with Crippen LogP contribution in [0.3, 0.4) is 0 Å². The summed E-state index contributed by atoms with van der Waals surface area (Å²) in [6.07, 6.45) is 2.52. The van der Waals surface area contributed by atoms with Crippen LogP contribution >= 0.6 is 0 Å². The fourth-order valence-corrected chi connectivity index (χ4v) is 1.55. The van der Waals surface area contributed by atoms with Crippen molar-refractivity contribution < 1.29 is 0 Å². The average molecular weight is 228 g/mol. The van der Waals surface area contributed by atoms with Gasteiger partial charge in [0.25, 0.3) is 0 Å². The smallest absolute Gasteiger partial charge is 0.131 e. The summed E-state index contributed by atoms with van der Waals surface area (Å²) >= 11 is 0. The number of aryl methyl sites for hydroxylation is 1. The van der Waals surface area contributed by atoms with E-state index in [9.17, 15) is 0 Å². The van der Waals surface area contributed by atoms with Crippen molar-refractivity contribution in [2.45, 2.75) is 19.9 Å². The van der Waals surface area contributed by atoms with Crippen molar-refractivity contribution in [1.29, 1.82) is 0 Å². The van der Waals surface area contributed by atoms with E-state index in [0.717, 1.165) is 18.8 Å². The molecule has 1 aromatic carbocycles. The van der Waals surface area contributed by atoms with Gasteiger partial charge in [0.05, 0.1) is 0 Å². The van der Waals surface area contributed by atoms with E-state index in [-0.39, 0.29) is 0 Å². The van der Waals surface area contributed by atoms with Gasteiger partial charge in [-0.15, -0.1) is 0 Å². The largest absolute Gasteiger partial charge is 0.384 e. The molecular weight excluding hydrogens is 212 g/mol. The summed E-state index contributed by atoms with van der Waals surface area (Å²) in [4.78, 5) is 7.93. The third-order valence-corrected chi connectivity index (χ3v) is 2.59. The van der Waals surface area contributed by atoms with Crippen LogP contribution < -0.4 is 11.1 Å². The molecule has 1 heterocycles. The lowest BCUT2D eigenvalue weighted by Gasteiger charge is -2.06. The molecule has 0 bridgehead atoms. The SMILES string of the molecule is CCc1ccc(CNc2cc(N)ncn2)cc1. The lowest BCUT2D eigenvalue weighted by molar-refractivity contribution is 1.07. The van der Waals surface area contributed by atoms with Crippen molar-refractivity contribution in [2.75, 3.05) is 11.1 Å². The van der Waals surface area contributed by atoms with Gasteiger partial charge in [-0.1, -0.05) is 31.2 Å². The Kier molecular flexibility index (Phi) is 3.55. The van der Waals surface area contributed by atoms with Gasteiger partial charge in [-0.05, 0) is 17.5 Å². The summed E-state index contributed by atoms with van der Waals surface area (Å²) in [7, 11) is 0. The summed E-state index contributed by atoms with van der Waals surface area (Å²) in [5, 5.41) is 3.21. The van der Waals surface area contributed by atoms with Gasteiger partial charge >= 0.3 is 0 Å². The Bertz CT molecular complexity index is 479. The first-order valence-corrected chi connectivity index (χ1v) is 5.67. The molecule has 2 rings (SSSR count). The van der Waals surface area contributed by atoms with E-state index < -0.39 is 0 Å². The van der Waals surface area contributed by atoms with Crippen molar-refractivity contribution in [3.8, 4) is 0 Å². The quantitative estimate of drug-likeness (QED) is 0.842. The number of nitrogens with zero attached hydrogens (tertiary/aromatic N) is 2. The molecule has 2 aromatic rings. The second kappa shape index (κ2) is 5.30. The number of hydrogen-bond acceptors (Lipinski definition) is 4. The number of hydrogen-bond donors (Lipinski definition) is 2. The molecule has 0 saturated heterocycles.